The predicted molar refractivity (Wildman–Crippen MR) is 88.0 cm³/mol. The van der Waals surface area contributed by atoms with Crippen molar-refractivity contribution in [2.75, 3.05) is 7.11 Å². The number of hydrogen-bond donors (Lipinski definition) is 1. The van der Waals surface area contributed by atoms with E-state index >= 15 is 0 Å². The highest BCUT2D eigenvalue weighted by atomic mass is 127. The largest absolute Gasteiger partial charge is 0.496 e. The average molecular weight is 379 g/mol. The van der Waals surface area contributed by atoms with E-state index in [1.807, 2.05) is 48.5 Å². The first-order chi connectivity index (χ1) is 9.69. The second-order valence-corrected chi connectivity index (χ2v) is 5.80. The van der Waals surface area contributed by atoms with Gasteiger partial charge in [0.15, 0.2) is 0 Å². The molecule has 3 rings (SSSR count). The highest BCUT2D eigenvalue weighted by Gasteiger charge is 2.18. The molecule has 0 saturated heterocycles. The summed E-state index contributed by atoms with van der Waals surface area (Å²) in [5, 5.41) is 1.06. The Kier molecular flexibility index (Phi) is 3.67. The molecule has 102 valence electrons. The van der Waals surface area contributed by atoms with Crippen LogP contribution in [0.2, 0.25) is 0 Å². The van der Waals surface area contributed by atoms with Crippen molar-refractivity contribution in [3.8, 4) is 5.75 Å². The van der Waals surface area contributed by atoms with Gasteiger partial charge in [0.25, 0.3) is 0 Å². The lowest BCUT2D eigenvalue weighted by molar-refractivity contribution is 0.404. The summed E-state index contributed by atoms with van der Waals surface area (Å²) in [5.74, 6) is 1.52. The smallest absolute Gasteiger partial charge is 0.134 e. The van der Waals surface area contributed by atoms with Gasteiger partial charge in [-0.2, -0.15) is 0 Å². The molecule has 0 spiro atoms. The summed E-state index contributed by atoms with van der Waals surface area (Å²) in [6, 6.07) is 15.5. The number of ether oxygens (including phenoxy) is 1. The Hall–Kier alpha value is -1.53. The average Bonchev–Trinajstić information content (AvgIpc) is 2.90. The molecular weight excluding hydrogens is 365 g/mol. The maximum Gasteiger partial charge on any atom is 0.134 e. The molecule has 4 heteroatoms. The van der Waals surface area contributed by atoms with Crippen molar-refractivity contribution < 1.29 is 9.15 Å². The fourth-order valence-corrected chi connectivity index (χ4v) is 2.77. The molecule has 1 unspecified atom stereocenters. The second kappa shape index (κ2) is 5.46. The van der Waals surface area contributed by atoms with Gasteiger partial charge in [0.1, 0.15) is 17.1 Å². The summed E-state index contributed by atoms with van der Waals surface area (Å²) in [5.41, 5.74) is 8.13. The molecule has 0 aliphatic rings. The molecular formula is C16H14INO2. The number of benzene rings is 2. The minimum absolute atomic E-state index is 0.341. The van der Waals surface area contributed by atoms with Crippen LogP contribution in [0.25, 0.3) is 11.0 Å². The molecule has 0 bridgehead atoms. The van der Waals surface area contributed by atoms with Crippen molar-refractivity contribution in [3.63, 3.8) is 0 Å². The van der Waals surface area contributed by atoms with Crippen molar-refractivity contribution in [1.82, 2.24) is 0 Å². The number of furan rings is 1. The topological polar surface area (TPSA) is 48.4 Å². The van der Waals surface area contributed by atoms with Crippen LogP contribution in [-0.2, 0) is 0 Å². The zero-order chi connectivity index (χ0) is 14.1. The van der Waals surface area contributed by atoms with Gasteiger partial charge in [-0.1, -0.05) is 18.2 Å². The molecule has 0 aliphatic heterocycles. The van der Waals surface area contributed by atoms with Crippen LogP contribution in [0.4, 0.5) is 0 Å². The predicted octanol–water partition coefficient (Wildman–Crippen LogP) is 4.09. The number of nitrogens with two attached hydrogens (primary N) is 1. The molecule has 0 fully saturated rings. The van der Waals surface area contributed by atoms with Gasteiger partial charge in [-0.25, -0.2) is 0 Å². The number of fused-ring (bicyclic) bond motifs is 1. The maximum absolute atomic E-state index is 6.35. The molecule has 20 heavy (non-hydrogen) atoms. The lowest BCUT2D eigenvalue weighted by Crippen LogP contribution is -2.12. The van der Waals surface area contributed by atoms with Crippen molar-refractivity contribution in [2.24, 2.45) is 5.73 Å². The Morgan fingerprint density at radius 2 is 1.95 bits per heavy atom. The van der Waals surface area contributed by atoms with Gasteiger partial charge in [-0.05, 0) is 52.9 Å². The first-order valence-corrected chi connectivity index (χ1v) is 7.34. The highest BCUT2D eigenvalue weighted by Crippen LogP contribution is 2.32. The van der Waals surface area contributed by atoms with Crippen LogP contribution in [0.15, 0.2) is 52.9 Å². The Labute approximate surface area is 130 Å². The van der Waals surface area contributed by atoms with E-state index in [9.17, 15) is 0 Å². The van der Waals surface area contributed by atoms with Crippen molar-refractivity contribution >= 4 is 33.6 Å². The molecule has 0 amide bonds. The van der Waals surface area contributed by atoms with Crippen molar-refractivity contribution in [2.45, 2.75) is 6.04 Å². The SMILES string of the molecule is COc1ccc(I)cc1C(N)c1cc2ccccc2o1. The fourth-order valence-electron chi connectivity index (χ4n) is 2.26. The summed E-state index contributed by atoms with van der Waals surface area (Å²) >= 11 is 2.26. The third-order valence-corrected chi connectivity index (χ3v) is 3.95. The van der Waals surface area contributed by atoms with Crippen LogP contribution in [0, 0.1) is 3.57 Å². The van der Waals surface area contributed by atoms with Crippen molar-refractivity contribution in [1.29, 1.82) is 0 Å². The Morgan fingerprint density at radius 3 is 2.70 bits per heavy atom. The van der Waals surface area contributed by atoms with E-state index in [0.717, 1.165) is 31.6 Å². The maximum atomic E-state index is 6.35. The number of halogens is 1. The fraction of sp³-hybridized carbons (Fsp3) is 0.125. The Bertz CT molecular complexity index is 718. The van der Waals surface area contributed by atoms with Crippen LogP contribution >= 0.6 is 22.6 Å². The van der Waals surface area contributed by atoms with Gasteiger partial charge in [0, 0.05) is 14.5 Å². The number of para-hydroxylation sites is 1. The van der Waals surface area contributed by atoms with Crippen LogP contribution in [0.1, 0.15) is 17.4 Å². The third kappa shape index (κ3) is 2.41. The molecule has 3 aromatic rings. The quantitative estimate of drug-likeness (QED) is 0.698. The van der Waals surface area contributed by atoms with Crippen LogP contribution < -0.4 is 10.5 Å². The summed E-state index contributed by atoms with van der Waals surface area (Å²) in [4.78, 5) is 0. The van der Waals surface area contributed by atoms with Gasteiger partial charge in [0.2, 0.25) is 0 Å². The lowest BCUT2D eigenvalue weighted by Gasteiger charge is -2.14. The van der Waals surface area contributed by atoms with Crippen molar-refractivity contribution in [3.05, 3.63) is 63.4 Å². The Morgan fingerprint density at radius 1 is 1.15 bits per heavy atom. The minimum Gasteiger partial charge on any atom is -0.496 e. The molecule has 2 N–H and O–H groups in total. The third-order valence-electron chi connectivity index (χ3n) is 3.28. The molecule has 0 saturated carbocycles. The standard InChI is InChI=1S/C16H14INO2/c1-19-14-7-6-11(17)9-12(14)16(18)15-8-10-4-2-3-5-13(10)20-15/h2-9,16H,18H2,1H3. The van der Waals surface area contributed by atoms with Crippen LogP contribution in [-0.4, -0.2) is 7.11 Å². The lowest BCUT2D eigenvalue weighted by atomic mass is 10.0. The second-order valence-electron chi connectivity index (χ2n) is 4.55. The van der Waals surface area contributed by atoms with Gasteiger partial charge >= 0.3 is 0 Å². The highest BCUT2D eigenvalue weighted by molar-refractivity contribution is 14.1. The minimum atomic E-state index is -0.341. The molecule has 3 nitrogen and oxygen atoms in total. The van der Waals surface area contributed by atoms with E-state index in [2.05, 4.69) is 22.6 Å². The molecule has 0 radical (unpaired) electrons. The zero-order valence-electron chi connectivity index (χ0n) is 11.0. The van der Waals surface area contributed by atoms with E-state index < -0.39 is 0 Å². The molecule has 2 aromatic carbocycles. The van der Waals surface area contributed by atoms with E-state index in [4.69, 9.17) is 14.9 Å². The summed E-state index contributed by atoms with van der Waals surface area (Å²) < 4.78 is 12.3. The first-order valence-electron chi connectivity index (χ1n) is 6.26. The number of methoxy groups -OCH3 is 1. The van der Waals surface area contributed by atoms with E-state index in [0.29, 0.717) is 0 Å². The van der Waals surface area contributed by atoms with Crippen LogP contribution in [0.3, 0.4) is 0 Å². The summed E-state index contributed by atoms with van der Waals surface area (Å²) in [6.07, 6.45) is 0. The number of rotatable bonds is 3. The summed E-state index contributed by atoms with van der Waals surface area (Å²) in [6.45, 7) is 0. The Balaban J connectivity index is 2.07. The molecule has 1 heterocycles. The van der Waals surface area contributed by atoms with Gasteiger partial charge in [-0.3, -0.25) is 0 Å². The first kappa shape index (κ1) is 13.5. The molecule has 1 atom stereocenters. The molecule has 0 aliphatic carbocycles. The van der Waals surface area contributed by atoms with Crippen LogP contribution in [0.5, 0.6) is 5.75 Å². The van der Waals surface area contributed by atoms with E-state index in [1.54, 1.807) is 7.11 Å². The normalized spacial score (nSPS) is 12.6. The van der Waals surface area contributed by atoms with Gasteiger partial charge in [-0.15, -0.1) is 0 Å². The molecule has 1 aromatic heterocycles. The monoisotopic (exact) mass is 379 g/mol. The van der Waals surface area contributed by atoms with Gasteiger partial charge < -0.3 is 14.9 Å². The number of hydrogen-bond acceptors (Lipinski definition) is 3. The summed E-state index contributed by atoms with van der Waals surface area (Å²) in [7, 11) is 1.65. The van der Waals surface area contributed by atoms with E-state index in [1.165, 1.54) is 0 Å². The van der Waals surface area contributed by atoms with Gasteiger partial charge in [0.05, 0.1) is 13.2 Å². The zero-order valence-corrected chi connectivity index (χ0v) is 13.1. The van der Waals surface area contributed by atoms with E-state index in [-0.39, 0.29) is 6.04 Å².